The molecule has 1 aromatic rings. The van der Waals surface area contributed by atoms with Gasteiger partial charge in [0.25, 0.3) is 0 Å². The fraction of sp³-hybridized carbons (Fsp3) is 0.722. The van der Waals surface area contributed by atoms with Crippen molar-refractivity contribution in [3.63, 3.8) is 0 Å². The Labute approximate surface area is 128 Å². The van der Waals surface area contributed by atoms with E-state index in [0.29, 0.717) is 12.1 Å². The van der Waals surface area contributed by atoms with E-state index in [9.17, 15) is 0 Å². The highest BCUT2D eigenvalue weighted by molar-refractivity contribution is 5.66. The molecule has 21 heavy (non-hydrogen) atoms. The number of anilines is 1. The average molecular weight is 287 g/mol. The number of nitrogens with one attached hydrogen (secondary N) is 1. The van der Waals surface area contributed by atoms with E-state index in [0.717, 1.165) is 12.3 Å². The molecule has 0 saturated heterocycles. The van der Waals surface area contributed by atoms with E-state index in [1.54, 1.807) is 0 Å². The van der Waals surface area contributed by atoms with Crippen molar-refractivity contribution in [2.45, 2.75) is 77.3 Å². The highest BCUT2D eigenvalue weighted by atomic mass is 15.4. The van der Waals surface area contributed by atoms with E-state index < -0.39 is 0 Å². The van der Waals surface area contributed by atoms with Gasteiger partial charge < -0.3 is 5.32 Å². The highest BCUT2D eigenvalue weighted by Crippen LogP contribution is 2.39. The second-order valence-corrected chi connectivity index (χ2v) is 6.92. The van der Waals surface area contributed by atoms with E-state index >= 15 is 0 Å². The maximum atomic E-state index is 4.96. The van der Waals surface area contributed by atoms with Crippen LogP contribution in [0.4, 0.5) is 5.82 Å². The number of rotatable bonds is 7. The number of unbranched alkanes of at least 4 members (excludes halogenated alkanes) is 1. The zero-order valence-electron chi connectivity index (χ0n) is 13.6. The van der Waals surface area contributed by atoms with Gasteiger partial charge in [0.15, 0.2) is 0 Å². The summed E-state index contributed by atoms with van der Waals surface area (Å²) in [5.41, 5.74) is 2.48. The Morgan fingerprint density at radius 3 is 2.86 bits per heavy atom. The first kappa shape index (κ1) is 14.7. The quantitative estimate of drug-likeness (QED) is 0.780. The van der Waals surface area contributed by atoms with Crippen molar-refractivity contribution in [3.8, 4) is 0 Å². The van der Waals surface area contributed by atoms with Crippen LogP contribution in [0.1, 0.15) is 76.1 Å². The molecule has 2 aliphatic rings. The van der Waals surface area contributed by atoms with Crippen molar-refractivity contribution in [3.05, 3.63) is 17.8 Å². The van der Waals surface area contributed by atoms with Gasteiger partial charge in [0, 0.05) is 11.6 Å². The van der Waals surface area contributed by atoms with Crippen LogP contribution in [0.2, 0.25) is 0 Å². The number of hydrogen-bond donors (Lipinski definition) is 1. The van der Waals surface area contributed by atoms with Gasteiger partial charge in [-0.05, 0) is 44.9 Å². The van der Waals surface area contributed by atoms with Gasteiger partial charge in [-0.2, -0.15) is 5.10 Å². The Morgan fingerprint density at radius 2 is 2.19 bits per heavy atom. The van der Waals surface area contributed by atoms with Crippen LogP contribution < -0.4 is 5.32 Å². The zero-order chi connectivity index (χ0) is 14.8. The monoisotopic (exact) mass is 287 g/mol. The molecule has 1 aliphatic heterocycles. The second-order valence-electron chi connectivity index (χ2n) is 6.92. The Balaban J connectivity index is 1.83. The molecule has 1 fully saturated rings. The lowest BCUT2D eigenvalue weighted by atomic mass is 9.99. The molecule has 1 N–H and O–H groups in total. The first-order valence-electron chi connectivity index (χ1n) is 8.73. The van der Waals surface area contributed by atoms with E-state index in [1.807, 2.05) is 6.08 Å². The molecular weight excluding hydrogens is 258 g/mol. The first-order chi connectivity index (χ1) is 10.2. The van der Waals surface area contributed by atoms with E-state index in [-0.39, 0.29) is 0 Å². The van der Waals surface area contributed by atoms with Gasteiger partial charge >= 0.3 is 0 Å². The summed E-state index contributed by atoms with van der Waals surface area (Å²) in [6.45, 7) is 8.55. The molecule has 2 heterocycles. The third kappa shape index (κ3) is 3.17. The Bertz CT molecular complexity index is 499. The third-order valence-electron chi connectivity index (χ3n) is 4.95. The minimum atomic E-state index is 0.538. The second kappa shape index (κ2) is 6.25. The van der Waals surface area contributed by atoms with Crippen LogP contribution in [0.5, 0.6) is 0 Å². The molecule has 3 nitrogen and oxygen atoms in total. The van der Waals surface area contributed by atoms with Gasteiger partial charge in [0.05, 0.1) is 11.7 Å². The summed E-state index contributed by atoms with van der Waals surface area (Å²) in [5, 5.41) is 8.59. The average Bonchev–Trinajstić information content (AvgIpc) is 3.23. The van der Waals surface area contributed by atoms with Crippen LogP contribution in [0.25, 0.3) is 6.08 Å². The number of fused-ring (bicyclic) bond motifs is 1. The van der Waals surface area contributed by atoms with Crippen LogP contribution in [0.15, 0.2) is 6.58 Å². The molecule has 1 saturated carbocycles. The number of hydrogen-bond acceptors (Lipinski definition) is 2. The normalized spacial score (nSPS) is 24.5. The van der Waals surface area contributed by atoms with E-state index in [1.165, 1.54) is 62.0 Å². The minimum Gasteiger partial charge on any atom is -0.367 e. The minimum absolute atomic E-state index is 0.538. The summed E-state index contributed by atoms with van der Waals surface area (Å²) in [5.74, 6) is 2.23. The molecule has 0 aromatic carbocycles. The SMILES string of the molecule is C=Cc1c(CCCC)nn2c1NC(C)CC2CCC1CC1. The molecule has 0 bridgehead atoms. The Morgan fingerprint density at radius 1 is 1.38 bits per heavy atom. The van der Waals surface area contributed by atoms with Crippen LogP contribution in [-0.2, 0) is 6.42 Å². The molecular formula is C18H29N3. The van der Waals surface area contributed by atoms with Gasteiger partial charge in [-0.25, -0.2) is 4.68 Å². The summed E-state index contributed by atoms with van der Waals surface area (Å²) in [7, 11) is 0. The number of aryl methyl sites for hydroxylation is 1. The molecule has 1 aromatic heterocycles. The lowest BCUT2D eigenvalue weighted by Crippen LogP contribution is -2.30. The van der Waals surface area contributed by atoms with Crippen molar-refractivity contribution < 1.29 is 0 Å². The van der Waals surface area contributed by atoms with Crippen LogP contribution in [0.3, 0.4) is 0 Å². The van der Waals surface area contributed by atoms with Crippen LogP contribution in [-0.4, -0.2) is 15.8 Å². The van der Waals surface area contributed by atoms with Gasteiger partial charge in [-0.1, -0.05) is 38.8 Å². The molecule has 0 radical (unpaired) electrons. The fourth-order valence-corrected chi connectivity index (χ4v) is 3.52. The Hall–Kier alpha value is -1.25. The lowest BCUT2D eigenvalue weighted by Gasteiger charge is -2.31. The van der Waals surface area contributed by atoms with Crippen molar-refractivity contribution >= 4 is 11.9 Å². The topological polar surface area (TPSA) is 29.9 Å². The molecule has 2 atom stereocenters. The third-order valence-corrected chi connectivity index (χ3v) is 4.95. The standard InChI is InChI=1S/C18H29N3/c1-4-6-7-17-16(5-2)18-19-13(3)12-15(21(18)20-17)11-10-14-8-9-14/h5,13-15,19H,2,4,6-12H2,1,3H3. The smallest absolute Gasteiger partial charge is 0.132 e. The summed E-state index contributed by atoms with van der Waals surface area (Å²) in [6, 6.07) is 1.11. The maximum Gasteiger partial charge on any atom is 0.132 e. The number of aromatic nitrogens is 2. The first-order valence-corrected chi connectivity index (χ1v) is 8.73. The van der Waals surface area contributed by atoms with Crippen LogP contribution >= 0.6 is 0 Å². The summed E-state index contributed by atoms with van der Waals surface area (Å²) in [6.07, 6.45) is 12.3. The largest absolute Gasteiger partial charge is 0.367 e. The van der Waals surface area contributed by atoms with Gasteiger partial charge in [-0.15, -0.1) is 0 Å². The number of nitrogens with zero attached hydrogens (tertiary/aromatic N) is 2. The predicted octanol–water partition coefficient (Wildman–Crippen LogP) is 4.80. The summed E-state index contributed by atoms with van der Waals surface area (Å²) >= 11 is 0. The van der Waals surface area contributed by atoms with Crippen molar-refractivity contribution in [1.82, 2.24) is 9.78 Å². The van der Waals surface area contributed by atoms with Crippen molar-refractivity contribution in [2.75, 3.05) is 5.32 Å². The molecule has 1 aliphatic carbocycles. The van der Waals surface area contributed by atoms with Gasteiger partial charge in [-0.3, -0.25) is 0 Å². The van der Waals surface area contributed by atoms with Gasteiger partial charge in [0.1, 0.15) is 5.82 Å². The summed E-state index contributed by atoms with van der Waals surface area (Å²) < 4.78 is 2.28. The van der Waals surface area contributed by atoms with Crippen molar-refractivity contribution in [2.24, 2.45) is 5.92 Å². The molecule has 3 heteroatoms. The highest BCUT2D eigenvalue weighted by Gasteiger charge is 2.30. The van der Waals surface area contributed by atoms with Crippen molar-refractivity contribution in [1.29, 1.82) is 0 Å². The van der Waals surface area contributed by atoms with E-state index in [4.69, 9.17) is 5.10 Å². The Kier molecular flexibility index (Phi) is 4.37. The molecule has 0 amide bonds. The molecule has 0 spiro atoms. The fourth-order valence-electron chi connectivity index (χ4n) is 3.52. The maximum absolute atomic E-state index is 4.96. The molecule has 3 rings (SSSR count). The lowest BCUT2D eigenvalue weighted by molar-refractivity contribution is 0.348. The molecule has 116 valence electrons. The predicted molar refractivity (Wildman–Crippen MR) is 89.6 cm³/mol. The molecule has 2 unspecified atom stereocenters. The van der Waals surface area contributed by atoms with Crippen LogP contribution in [0, 0.1) is 5.92 Å². The summed E-state index contributed by atoms with van der Waals surface area (Å²) in [4.78, 5) is 0. The van der Waals surface area contributed by atoms with Gasteiger partial charge in [0.2, 0.25) is 0 Å². The van der Waals surface area contributed by atoms with E-state index in [2.05, 4.69) is 30.4 Å². The zero-order valence-corrected chi connectivity index (χ0v) is 13.6.